The molecule has 0 aromatic carbocycles. The van der Waals surface area contributed by atoms with Crippen LogP contribution in [0.25, 0.3) is 0 Å². The number of carbonyl (C=O) groups excluding carboxylic acids is 1. The molecule has 0 bridgehead atoms. The van der Waals surface area contributed by atoms with E-state index in [0.717, 1.165) is 21.6 Å². The largest absolute Gasteiger partial charge is 0.480 e. The summed E-state index contributed by atoms with van der Waals surface area (Å²) in [5.41, 5.74) is 14.1. The van der Waals surface area contributed by atoms with Crippen LogP contribution in [0.3, 0.4) is 0 Å². The van der Waals surface area contributed by atoms with E-state index in [0.29, 0.717) is 0 Å². The van der Waals surface area contributed by atoms with E-state index in [1.807, 2.05) is 0 Å². The monoisotopic (exact) mass is 311 g/mol. The molecule has 110 valence electrons. The van der Waals surface area contributed by atoms with Crippen molar-refractivity contribution >= 4 is 39.3 Å². The molecule has 0 aliphatic carbocycles. The van der Waals surface area contributed by atoms with Crippen LogP contribution in [-0.4, -0.2) is 57.1 Å². The van der Waals surface area contributed by atoms with Gasteiger partial charge in [-0.1, -0.05) is 21.6 Å². The third-order valence-electron chi connectivity index (χ3n) is 2.17. The van der Waals surface area contributed by atoms with Crippen LogP contribution in [-0.2, 0) is 14.4 Å². The minimum atomic E-state index is -2.08. The van der Waals surface area contributed by atoms with Crippen LogP contribution in [0.4, 0.5) is 0 Å². The molecule has 0 aromatic rings. The Bertz CT molecular complexity index is 366. The molecule has 0 aliphatic heterocycles. The highest BCUT2D eigenvalue weighted by Gasteiger charge is 2.43. The maximum absolute atomic E-state index is 11.7. The lowest BCUT2D eigenvalue weighted by Crippen LogP contribution is -2.61. The summed E-state index contributed by atoms with van der Waals surface area (Å²) in [7, 11) is 2.01. The van der Waals surface area contributed by atoms with Gasteiger partial charge in [-0.15, -0.1) is 0 Å². The van der Waals surface area contributed by atoms with E-state index in [-0.39, 0.29) is 11.5 Å². The minimum Gasteiger partial charge on any atom is -0.480 e. The molecular weight excluding hydrogens is 294 g/mol. The highest BCUT2D eigenvalue weighted by Crippen LogP contribution is 2.26. The maximum atomic E-state index is 11.7. The highest BCUT2D eigenvalue weighted by atomic mass is 33.1. The SMILES string of the molecule is CC(N)C(=O)C(N)(CSSCC(N)C(=O)O)C(=O)O. The van der Waals surface area contributed by atoms with Crippen LogP contribution in [0, 0.1) is 0 Å². The normalized spacial score (nSPS) is 17.3. The smallest absolute Gasteiger partial charge is 0.332 e. The first-order valence-corrected chi connectivity index (χ1v) is 7.66. The molecule has 0 aromatic heterocycles. The molecular formula is C9H17N3O5S2. The van der Waals surface area contributed by atoms with Gasteiger partial charge in [0.2, 0.25) is 0 Å². The molecule has 10 heteroatoms. The summed E-state index contributed by atoms with van der Waals surface area (Å²) in [6.07, 6.45) is 0. The molecule has 0 rings (SSSR count). The van der Waals surface area contributed by atoms with Crippen molar-refractivity contribution in [2.75, 3.05) is 11.5 Å². The zero-order valence-corrected chi connectivity index (χ0v) is 11.9. The number of carboxylic acids is 2. The summed E-state index contributed by atoms with van der Waals surface area (Å²) in [5.74, 6) is -3.56. The van der Waals surface area contributed by atoms with Crippen molar-refractivity contribution in [3.8, 4) is 0 Å². The number of hydrogen-bond donors (Lipinski definition) is 5. The highest BCUT2D eigenvalue weighted by molar-refractivity contribution is 8.76. The first kappa shape index (κ1) is 18.2. The van der Waals surface area contributed by atoms with Crippen LogP contribution in [0.2, 0.25) is 0 Å². The molecule has 0 fully saturated rings. The van der Waals surface area contributed by atoms with E-state index in [1.54, 1.807) is 0 Å². The van der Waals surface area contributed by atoms with Gasteiger partial charge < -0.3 is 27.4 Å². The predicted octanol–water partition coefficient (Wildman–Crippen LogP) is -1.52. The Morgan fingerprint density at radius 2 is 1.74 bits per heavy atom. The van der Waals surface area contributed by atoms with E-state index in [9.17, 15) is 14.4 Å². The zero-order chi connectivity index (χ0) is 15.2. The third kappa shape index (κ3) is 5.37. The minimum absolute atomic E-state index is 0.0715. The zero-order valence-electron chi connectivity index (χ0n) is 10.2. The average Bonchev–Trinajstić information content (AvgIpc) is 2.32. The van der Waals surface area contributed by atoms with Crippen LogP contribution >= 0.6 is 21.6 Å². The van der Waals surface area contributed by atoms with Crippen LogP contribution in [0.1, 0.15) is 6.92 Å². The van der Waals surface area contributed by atoms with Gasteiger partial charge >= 0.3 is 11.9 Å². The first-order chi connectivity index (χ1) is 8.62. The number of ketones is 1. The Hall–Kier alpha value is -0.810. The number of hydrogen-bond acceptors (Lipinski definition) is 8. The molecule has 0 saturated heterocycles. The fraction of sp³-hybridized carbons (Fsp3) is 0.667. The van der Waals surface area contributed by atoms with E-state index in [4.69, 9.17) is 27.4 Å². The molecule has 0 radical (unpaired) electrons. The van der Waals surface area contributed by atoms with Gasteiger partial charge in [0.1, 0.15) is 6.04 Å². The Morgan fingerprint density at radius 1 is 1.21 bits per heavy atom. The second-order valence-corrected chi connectivity index (χ2v) is 6.43. The predicted molar refractivity (Wildman–Crippen MR) is 73.7 cm³/mol. The van der Waals surface area contributed by atoms with Gasteiger partial charge in [0.05, 0.1) is 6.04 Å². The second kappa shape index (κ2) is 7.70. The van der Waals surface area contributed by atoms with Gasteiger partial charge in [-0.25, -0.2) is 4.79 Å². The van der Waals surface area contributed by atoms with Crippen molar-refractivity contribution in [2.24, 2.45) is 17.2 Å². The summed E-state index contributed by atoms with van der Waals surface area (Å²) in [6, 6.07) is -2.05. The Labute approximate surface area is 117 Å². The summed E-state index contributed by atoms with van der Waals surface area (Å²) in [4.78, 5) is 33.2. The van der Waals surface area contributed by atoms with Gasteiger partial charge in [0, 0.05) is 11.5 Å². The molecule has 0 heterocycles. The molecule has 3 atom stereocenters. The van der Waals surface area contributed by atoms with Gasteiger partial charge in [0.25, 0.3) is 0 Å². The standard InChI is InChI=1S/C9H17N3O5S2/c1-4(10)6(13)9(12,8(16)17)3-19-18-2-5(11)7(14)15/h4-5H,2-3,10-12H2,1H3,(H,14,15)(H,16,17). The lowest BCUT2D eigenvalue weighted by molar-refractivity contribution is -0.147. The van der Waals surface area contributed by atoms with Gasteiger partial charge in [-0.05, 0) is 6.92 Å². The van der Waals surface area contributed by atoms with E-state index >= 15 is 0 Å². The van der Waals surface area contributed by atoms with E-state index in [2.05, 4.69) is 0 Å². The number of nitrogens with two attached hydrogens (primary N) is 3. The first-order valence-electron chi connectivity index (χ1n) is 5.18. The van der Waals surface area contributed by atoms with Crippen molar-refractivity contribution in [2.45, 2.75) is 24.5 Å². The van der Waals surface area contributed by atoms with Crippen molar-refractivity contribution in [1.29, 1.82) is 0 Å². The van der Waals surface area contributed by atoms with Gasteiger partial charge in [0.15, 0.2) is 11.3 Å². The topological polar surface area (TPSA) is 170 Å². The summed E-state index contributed by atoms with van der Waals surface area (Å²) in [6.45, 7) is 1.35. The fourth-order valence-electron chi connectivity index (χ4n) is 0.972. The van der Waals surface area contributed by atoms with Crippen LogP contribution in [0.5, 0.6) is 0 Å². The van der Waals surface area contributed by atoms with Crippen molar-refractivity contribution < 1.29 is 24.6 Å². The molecule has 0 spiro atoms. The lowest BCUT2D eigenvalue weighted by Gasteiger charge is -2.24. The molecule has 8 N–H and O–H groups in total. The number of rotatable bonds is 9. The summed E-state index contributed by atoms with van der Waals surface area (Å²) >= 11 is 0. The maximum Gasteiger partial charge on any atom is 0.332 e. The van der Waals surface area contributed by atoms with Crippen LogP contribution in [0.15, 0.2) is 0 Å². The summed E-state index contributed by atoms with van der Waals surface area (Å²) in [5, 5.41) is 17.6. The number of Topliss-reactive ketones (excluding diaryl/α,β-unsaturated/α-hetero) is 1. The average molecular weight is 311 g/mol. The van der Waals surface area contributed by atoms with Crippen molar-refractivity contribution in [1.82, 2.24) is 0 Å². The third-order valence-corrected chi connectivity index (χ3v) is 4.67. The van der Waals surface area contributed by atoms with Crippen LogP contribution < -0.4 is 17.2 Å². The second-order valence-electron chi connectivity index (χ2n) is 3.92. The molecule has 8 nitrogen and oxygen atoms in total. The number of aliphatic carboxylic acids is 2. The van der Waals surface area contributed by atoms with E-state index in [1.165, 1.54) is 6.92 Å². The van der Waals surface area contributed by atoms with Crippen molar-refractivity contribution in [3.63, 3.8) is 0 Å². The molecule has 0 amide bonds. The Kier molecular flexibility index (Phi) is 7.37. The fourth-order valence-corrected chi connectivity index (χ4v) is 3.43. The molecule has 0 saturated carbocycles. The molecule has 0 aliphatic rings. The quantitative estimate of drug-likeness (QED) is 0.191. The van der Waals surface area contributed by atoms with Gasteiger partial charge in [-0.3, -0.25) is 9.59 Å². The Balaban J connectivity index is 4.43. The summed E-state index contributed by atoms with van der Waals surface area (Å²) < 4.78 is 0. The number of carboxylic acid groups (broad SMARTS) is 2. The van der Waals surface area contributed by atoms with Gasteiger partial charge in [-0.2, -0.15) is 0 Å². The molecule has 3 unspecified atom stereocenters. The lowest BCUT2D eigenvalue weighted by atomic mass is 9.93. The molecule has 19 heavy (non-hydrogen) atoms. The van der Waals surface area contributed by atoms with E-state index < -0.39 is 35.3 Å². The number of carbonyl (C=O) groups is 3. The van der Waals surface area contributed by atoms with Crippen molar-refractivity contribution in [3.05, 3.63) is 0 Å². The Morgan fingerprint density at radius 3 is 2.11 bits per heavy atom.